The summed E-state index contributed by atoms with van der Waals surface area (Å²) in [6.45, 7) is 2.14. The van der Waals surface area contributed by atoms with Crippen molar-refractivity contribution in [3.8, 4) is 0 Å². The van der Waals surface area contributed by atoms with Crippen molar-refractivity contribution in [1.29, 1.82) is 0 Å². The average molecular weight is 276 g/mol. The van der Waals surface area contributed by atoms with Gasteiger partial charge < -0.3 is 5.73 Å². The first-order chi connectivity index (χ1) is 8.23. The van der Waals surface area contributed by atoms with Gasteiger partial charge in [0.2, 0.25) is 10.0 Å². The first kappa shape index (κ1) is 13.2. The maximum absolute atomic E-state index is 13.5. The summed E-state index contributed by atoms with van der Waals surface area (Å²) in [6, 6.07) is 1.66. The summed E-state index contributed by atoms with van der Waals surface area (Å²) in [6.07, 6.45) is 1.84. The Morgan fingerprint density at radius 2 is 2.00 bits per heavy atom. The average Bonchev–Trinajstić information content (AvgIpc) is 3.00. The Labute approximate surface area is 104 Å². The van der Waals surface area contributed by atoms with Gasteiger partial charge in [-0.05, 0) is 30.4 Å². The summed E-state index contributed by atoms with van der Waals surface area (Å²) in [4.78, 5) is -0.746. The third-order valence-corrected chi connectivity index (χ3v) is 4.50. The van der Waals surface area contributed by atoms with E-state index in [9.17, 15) is 17.2 Å². The Hall–Kier alpha value is -1.21. The largest absolute Gasteiger partial charge is 0.399 e. The van der Waals surface area contributed by atoms with Gasteiger partial charge in [0.1, 0.15) is 4.90 Å². The van der Waals surface area contributed by atoms with E-state index in [0.717, 1.165) is 25.0 Å². The monoisotopic (exact) mass is 276 g/mol. The minimum Gasteiger partial charge on any atom is -0.399 e. The fourth-order valence-electron chi connectivity index (χ4n) is 1.52. The fraction of sp³-hybridized carbons (Fsp3) is 0.455. The Balaban J connectivity index is 2.29. The number of sulfonamides is 1. The summed E-state index contributed by atoms with van der Waals surface area (Å²) in [5.41, 5.74) is 5.12. The molecule has 18 heavy (non-hydrogen) atoms. The first-order valence-electron chi connectivity index (χ1n) is 5.48. The van der Waals surface area contributed by atoms with Crippen LogP contribution in [0.5, 0.6) is 0 Å². The summed E-state index contributed by atoms with van der Waals surface area (Å²) >= 11 is 0. The molecule has 100 valence electrons. The molecule has 0 heterocycles. The first-order valence-corrected chi connectivity index (χ1v) is 6.96. The molecule has 4 nitrogen and oxygen atoms in total. The molecule has 2 rings (SSSR count). The smallest absolute Gasteiger partial charge is 0.243 e. The van der Waals surface area contributed by atoms with Crippen molar-refractivity contribution >= 4 is 15.7 Å². The van der Waals surface area contributed by atoms with Crippen LogP contribution < -0.4 is 10.5 Å². The third kappa shape index (κ3) is 2.62. The number of nitrogen functional groups attached to an aromatic ring is 1. The maximum atomic E-state index is 13.5. The van der Waals surface area contributed by atoms with Gasteiger partial charge in [0, 0.05) is 12.2 Å². The molecule has 0 amide bonds. The van der Waals surface area contributed by atoms with Gasteiger partial charge in [-0.25, -0.2) is 21.9 Å². The number of halogens is 2. The van der Waals surface area contributed by atoms with Gasteiger partial charge in [-0.1, -0.05) is 6.92 Å². The van der Waals surface area contributed by atoms with E-state index in [2.05, 4.69) is 4.72 Å². The number of hydrogen-bond acceptors (Lipinski definition) is 3. The molecular weight excluding hydrogens is 262 g/mol. The lowest BCUT2D eigenvalue weighted by Crippen LogP contribution is -2.30. The quantitative estimate of drug-likeness (QED) is 0.821. The highest BCUT2D eigenvalue weighted by Crippen LogP contribution is 2.44. The number of hydrogen-bond donors (Lipinski definition) is 2. The normalized spacial score (nSPS) is 17.7. The Bertz CT molecular complexity index is 583. The van der Waals surface area contributed by atoms with E-state index < -0.39 is 26.6 Å². The summed E-state index contributed by atoms with van der Waals surface area (Å²) in [7, 11) is -4.07. The van der Waals surface area contributed by atoms with Gasteiger partial charge in [-0.2, -0.15) is 0 Å². The zero-order chi connectivity index (χ0) is 13.6. The number of nitrogens with one attached hydrogen (secondary N) is 1. The van der Waals surface area contributed by atoms with E-state index in [1.807, 2.05) is 6.92 Å². The molecule has 1 aliphatic rings. The third-order valence-electron chi connectivity index (χ3n) is 3.10. The van der Waals surface area contributed by atoms with Crippen LogP contribution >= 0.6 is 0 Å². The Morgan fingerprint density at radius 1 is 1.39 bits per heavy atom. The molecule has 0 bridgehead atoms. The second-order valence-corrected chi connectivity index (χ2v) is 6.69. The van der Waals surface area contributed by atoms with Crippen LogP contribution in [0.2, 0.25) is 0 Å². The van der Waals surface area contributed by atoms with Crippen LogP contribution in [0, 0.1) is 17.0 Å². The van der Waals surface area contributed by atoms with Crippen LogP contribution in [0.15, 0.2) is 17.0 Å². The Morgan fingerprint density at radius 3 is 2.56 bits per heavy atom. The number of nitrogens with two attached hydrogens (primary N) is 1. The number of anilines is 1. The van der Waals surface area contributed by atoms with Gasteiger partial charge in [-0.3, -0.25) is 0 Å². The number of rotatable bonds is 4. The van der Waals surface area contributed by atoms with E-state index in [-0.39, 0.29) is 17.6 Å². The molecule has 0 radical (unpaired) electrons. The van der Waals surface area contributed by atoms with Crippen LogP contribution in [0.25, 0.3) is 0 Å². The van der Waals surface area contributed by atoms with Crippen LogP contribution in [-0.2, 0) is 10.0 Å². The molecular formula is C11H14F2N2O2S. The van der Waals surface area contributed by atoms with Gasteiger partial charge in [0.25, 0.3) is 0 Å². The molecule has 1 aliphatic carbocycles. The lowest BCUT2D eigenvalue weighted by atomic mass is 10.2. The highest BCUT2D eigenvalue weighted by Gasteiger charge is 2.38. The van der Waals surface area contributed by atoms with Crippen molar-refractivity contribution < 1.29 is 17.2 Å². The predicted octanol–water partition coefficient (Wildman–Crippen LogP) is 1.63. The van der Waals surface area contributed by atoms with Gasteiger partial charge in [0.05, 0.1) is 0 Å². The molecule has 1 saturated carbocycles. The lowest BCUT2D eigenvalue weighted by Gasteiger charge is -2.12. The van der Waals surface area contributed by atoms with Crippen molar-refractivity contribution in [3.05, 3.63) is 23.8 Å². The number of benzene rings is 1. The SMILES string of the molecule is CC1(CNS(=O)(=O)c2cc(N)cc(F)c2F)CC1. The lowest BCUT2D eigenvalue weighted by molar-refractivity contribution is 0.480. The molecule has 7 heteroatoms. The highest BCUT2D eigenvalue weighted by atomic mass is 32.2. The second kappa shape index (κ2) is 4.17. The standard InChI is InChI=1S/C11H14F2N2O2S/c1-11(2-3-11)6-15-18(16,17)9-5-7(14)4-8(12)10(9)13/h4-5,15H,2-3,6,14H2,1H3. The van der Waals surface area contributed by atoms with Crippen LogP contribution in [0.1, 0.15) is 19.8 Å². The molecule has 0 spiro atoms. The Kier molecular flexibility index (Phi) is 3.06. The maximum Gasteiger partial charge on any atom is 0.243 e. The van der Waals surface area contributed by atoms with Crippen molar-refractivity contribution in [2.45, 2.75) is 24.7 Å². The minimum absolute atomic E-state index is 0.0670. The van der Waals surface area contributed by atoms with E-state index >= 15 is 0 Å². The molecule has 3 N–H and O–H groups in total. The molecule has 1 fully saturated rings. The van der Waals surface area contributed by atoms with Crippen LogP contribution in [-0.4, -0.2) is 15.0 Å². The zero-order valence-corrected chi connectivity index (χ0v) is 10.7. The van der Waals surface area contributed by atoms with Crippen molar-refractivity contribution in [2.24, 2.45) is 5.41 Å². The minimum atomic E-state index is -4.07. The summed E-state index contributed by atoms with van der Waals surface area (Å²) < 4.78 is 52.6. The molecule has 1 aromatic rings. The second-order valence-electron chi connectivity index (χ2n) is 4.95. The molecule has 0 unspecified atom stereocenters. The van der Waals surface area contributed by atoms with E-state index in [4.69, 9.17) is 5.73 Å². The van der Waals surface area contributed by atoms with E-state index in [1.54, 1.807) is 0 Å². The van der Waals surface area contributed by atoms with Gasteiger partial charge in [0.15, 0.2) is 11.6 Å². The van der Waals surface area contributed by atoms with E-state index in [1.165, 1.54) is 0 Å². The van der Waals surface area contributed by atoms with Crippen molar-refractivity contribution in [2.75, 3.05) is 12.3 Å². The fourth-order valence-corrected chi connectivity index (χ4v) is 2.84. The van der Waals surface area contributed by atoms with Crippen molar-refractivity contribution in [1.82, 2.24) is 4.72 Å². The summed E-state index contributed by atoms with van der Waals surface area (Å²) in [5.74, 6) is -2.68. The van der Waals surface area contributed by atoms with Crippen LogP contribution in [0.4, 0.5) is 14.5 Å². The van der Waals surface area contributed by atoms with E-state index in [0.29, 0.717) is 0 Å². The highest BCUT2D eigenvalue weighted by molar-refractivity contribution is 7.89. The van der Waals surface area contributed by atoms with Crippen molar-refractivity contribution in [3.63, 3.8) is 0 Å². The molecule has 0 aliphatic heterocycles. The predicted molar refractivity (Wildman–Crippen MR) is 63.3 cm³/mol. The van der Waals surface area contributed by atoms with Gasteiger partial charge in [-0.15, -0.1) is 0 Å². The summed E-state index contributed by atoms with van der Waals surface area (Å²) in [5, 5.41) is 0. The zero-order valence-electron chi connectivity index (χ0n) is 9.83. The topological polar surface area (TPSA) is 72.2 Å². The molecule has 0 aromatic heterocycles. The molecule has 0 atom stereocenters. The van der Waals surface area contributed by atoms with Gasteiger partial charge >= 0.3 is 0 Å². The molecule has 1 aromatic carbocycles. The van der Waals surface area contributed by atoms with Crippen LogP contribution in [0.3, 0.4) is 0 Å². The molecule has 0 saturated heterocycles.